The molecule has 0 saturated heterocycles. The Morgan fingerprint density at radius 1 is 1.21 bits per heavy atom. The number of H-pyrrole nitrogens is 1. The number of allylic oxidation sites excluding steroid dienone is 4. The number of carbonyl (C=O) groups excluding carboxylic acids is 2. The van der Waals surface area contributed by atoms with Gasteiger partial charge in [-0.25, -0.2) is 4.79 Å². The first-order valence-corrected chi connectivity index (χ1v) is 11.0. The van der Waals surface area contributed by atoms with E-state index in [1.54, 1.807) is 19.2 Å². The Labute approximate surface area is 195 Å². The summed E-state index contributed by atoms with van der Waals surface area (Å²) in [5.74, 6) is -0.334. The van der Waals surface area contributed by atoms with E-state index < -0.39 is 10.9 Å². The molecule has 3 aromatic rings. The smallest absolute Gasteiger partial charge is 0.319 e. The number of aromatic nitrogens is 2. The molecule has 2 aliphatic rings. The van der Waals surface area contributed by atoms with E-state index >= 15 is 0 Å². The van der Waals surface area contributed by atoms with Crippen molar-refractivity contribution in [3.8, 4) is 0 Å². The molecular weight excluding hydrogens is 438 g/mol. The Hall–Kier alpha value is -3.84. The van der Waals surface area contributed by atoms with E-state index in [1.807, 2.05) is 60.7 Å². The fourth-order valence-corrected chi connectivity index (χ4v) is 4.57. The predicted molar refractivity (Wildman–Crippen MR) is 130 cm³/mol. The maximum atomic E-state index is 13.4. The lowest BCUT2D eigenvalue weighted by molar-refractivity contribution is -0.113. The topological polar surface area (TPSA) is 98.9 Å². The Balaban J connectivity index is 1.42. The fraction of sp³-hybridized carbons (Fsp3) is 0.160. The number of amides is 3. The lowest BCUT2D eigenvalue weighted by atomic mass is 9.82. The minimum Gasteiger partial charge on any atom is -0.329 e. The summed E-state index contributed by atoms with van der Waals surface area (Å²) in [5.41, 5.74) is 4.49. The van der Waals surface area contributed by atoms with Gasteiger partial charge in [-0.2, -0.15) is 5.10 Å². The van der Waals surface area contributed by atoms with Gasteiger partial charge in [-0.3, -0.25) is 9.89 Å². The molecule has 1 aliphatic heterocycles. The van der Waals surface area contributed by atoms with Crippen molar-refractivity contribution in [3.05, 3.63) is 89.8 Å². The summed E-state index contributed by atoms with van der Waals surface area (Å²) < 4.78 is 0. The molecule has 0 radical (unpaired) electrons. The summed E-state index contributed by atoms with van der Waals surface area (Å²) in [6.07, 6.45) is 7.99. The minimum atomic E-state index is -0.988. The summed E-state index contributed by atoms with van der Waals surface area (Å²) in [6, 6.07) is 14.4. The van der Waals surface area contributed by atoms with E-state index in [1.165, 1.54) is 0 Å². The van der Waals surface area contributed by atoms with Gasteiger partial charge < -0.3 is 16.0 Å². The molecule has 0 saturated carbocycles. The SMILES string of the molecule is CC1=C(C(=O)Nc2ccc3[nH]ncc3c2)C(C2(Cl)C=CC(c3ccccc3)=CC2)NC(=O)N1. The summed E-state index contributed by atoms with van der Waals surface area (Å²) >= 11 is 7.04. The van der Waals surface area contributed by atoms with E-state index in [-0.39, 0.29) is 11.9 Å². The van der Waals surface area contributed by atoms with Crippen molar-refractivity contribution >= 4 is 45.7 Å². The van der Waals surface area contributed by atoms with Crippen LogP contribution in [0.25, 0.3) is 16.5 Å². The molecule has 2 unspecified atom stereocenters. The van der Waals surface area contributed by atoms with Crippen molar-refractivity contribution in [3.63, 3.8) is 0 Å². The largest absolute Gasteiger partial charge is 0.329 e. The number of fused-ring (bicyclic) bond motifs is 1. The number of anilines is 1. The van der Waals surface area contributed by atoms with E-state index in [9.17, 15) is 9.59 Å². The van der Waals surface area contributed by atoms with E-state index in [0.29, 0.717) is 23.4 Å². The number of carbonyl (C=O) groups is 2. The van der Waals surface area contributed by atoms with Crippen molar-refractivity contribution in [1.82, 2.24) is 20.8 Å². The van der Waals surface area contributed by atoms with Crippen molar-refractivity contribution in [2.45, 2.75) is 24.3 Å². The molecule has 2 heterocycles. The highest BCUT2D eigenvalue weighted by atomic mass is 35.5. The molecule has 166 valence electrons. The molecule has 2 atom stereocenters. The third-order valence-electron chi connectivity index (χ3n) is 5.97. The Bertz CT molecular complexity index is 1340. The second-order valence-electron chi connectivity index (χ2n) is 8.19. The van der Waals surface area contributed by atoms with Crippen LogP contribution in [0.15, 0.2) is 84.2 Å². The van der Waals surface area contributed by atoms with Crippen molar-refractivity contribution in [2.75, 3.05) is 5.32 Å². The average Bonchev–Trinajstić information content (AvgIpc) is 3.27. The van der Waals surface area contributed by atoms with Gasteiger partial charge in [0.1, 0.15) is 0 Å². The van der Waals surface area contributed by atoms with Crippen LogP contribution in [0.1, 0.15) is 18.9 Å². The maximum absolute atomic E-state index is 13.4. The fourth-order valence-electron chi connectivity index (χ4n) is 4.26. The Morgan fingerprint density at radius 2 is 2.03 bits per heavy atom. The van der Waals surface area contributed by atoms with Gasteiger partial charge >= 0.3 is 6.03 Å². The highest BCUT2D eigenvalue weighted by molar-refractivity contribution is 6.27. The van der Waals surface area contributed by atoms with E-state index in [2.05, 4.69) is 26.1 Å². The van der Waals surface area contributed by atoms with Gasteiger partial charge in [0.25, 0.3) is 5.91 Å². The van der Waals surface area contributed by atoms with Crippen molar-refractivity contribution in [1.29, 1.82) is 0 Å². The van der Waals surface area contributed by atoms with Gasteiger partial charge in [-0.05, 0) is 42.7 Å². The van der Waals surface area contributed by atoms with Crippen LogP contribution in [0.4, 0.5) is 10.5 Å². The standard InChI is InChI=1S/C25H22ClN5O2/c1-15-21(23(32)29-19-7-8-20-18(13-19)14-27-31-20)22(30-24(33)28-15)25(26)11-9-17(10-12-25)16-5-3-2-4-6-16/h2-11,13-14,22H,12H2,1H3,(H,27,31)(H,29,32)(H2,28,30,33). The van der Waals surface area contributed by atoms with Crippen LogP contribution in [0, 0.1) is 0 Å². The monoisotopic (exact) mass is 459 g/mol. The molecule has 1 aliphatic carbocycles. The van der Waals surface area contributed by atoms with Gasteiger partial charge in [0.05, 0.1) is 28.2 Å². The molecule has 1 aromatic heterocycles. The number of halogens is 1. The number of rotatable bonds is 4. The maximum Gasteiger partial charge on any atom is 0.319 e. The summed E-state index contributed by atoms with van der Waals surface area (Å²) in [4.78, 5) is 24.7. The van der Waals surface area contributed by atoms with E-state index in [4.69, 9.17) is 11.6 Å². The van der Waals surface area contributed by atoms with Crippen LogP contribution in [0.3, 0.4) is 0 Å². The molecule has 0 fully saturated rings. The van der Waals surface area contributed by atoms with Gasteiger partial charge in [0, 0.05) is 16.8 Å². The summed E-state index contributed by atoms with van der Waals surface area (Å²) in [6.45, 7) is 1.71. The molecular formula is C25H22ClN5O2. The second kappa shape index (κ2) is 8.26. The normalized spacial score (nSPS) is 22.5. The number of hydrogen-bond donors (Lipinski definition) is 4. The first kappa shape index (κ1) is 21.0. The quantitative estimate of drug-likeness (QED) is 0.433. The number of urea groups is 1. The highest BCUT2D eigenvalue weighted by Crippen LogP contribution is 2.38. The van der Waals surface area contributed by atoms with Gasteiger partial charge in [-0.1, -0.05) is 48.6 Å². The van der Waals surface area contributed by atoms with Gasteiger partial charge in [0.2, 0.25) is 0 Å². The van der Waals surface area contributed by atoms with Crippen LogP contribution in [0.5, 0.6) is 0 Å². The molecule has 0 spiro atoms. The molecule has 0 bridgehead atoms. The number of aromatic amines is 1. The lowest BCUT2D eigenvalue weighted by Gasteiger charge is -2.39. The Morgan fingerprint density at radius 3 is 2.79 bits per heavy atom. The van der Waals surface area contributed by atoms with Gasteiger partial charge in [0.15, 0.2) is 0 Å². The van der Waals surface area contributed by atoms with Crippen LogP contribution in [0.2, 0.25) is 0 Å². The van der Waals surface area contributed by atoms with E-state index in [0.717, 1.165) is 22.0 Å². The van der Waals surface area contributed by atoms with Crippen LogP contribution < -0.4 is 16.0 Å². The molecule has 5 rings (SSSR count). The summed E-state index contributed by atoms with van der Waals surface area (Å²) in [7, 11) is 0. The number of nitrogens with one attached hydrogen (secondary N) is 4. The molecule has 2 aromatic carbocycles. The molecule has 3 amide bonds. The summed E-state index contributed by atoms with van der Waals surface area (Å²) in [5, 5.41) is 16.3. The zero-order valence-electron chi connectivity index (χ0n) is 17.9. The van der Waals surface area contributed by atoms with Crippen LogP contribution in [-0.4, -0.2) is 33.1 Å². The lowest BCUT2D eigenvalue weighted by Crippen LogP contribution is -2.58. The van der Waals surface area contributed by atoms with Crippen LogP contribution in [-0.2, 0) is 4.79 Å². The first-order valence-electron chi connectivity index (χ1n) is 10.6. The molecule has 33 heavy (non-hydrogen) atoms. The zero-order chi connectivity index (χ0) is 23.0. The second-order valence-corrected chi connectivity index (χ2v) is 8.89. The Kier molecular flexibility index (Phi) is 5.26. The molecule has 4 N–H and O–H groups in total. The van der Waals surface area contributed by atoms with Crippen molar-refractivity contribution < 1.29 is 9.59 Å². The highest BCUT2D eigenvalue weighted by Gasteiger charge is 2.44. The third-order valence-corrected chi connectivity index (χ3v) is 6.47. The average molecular weight is 460 g/mol. The predicted octanol–water partition coefficient (Wildman–Crippen LogP) is 4.48. The third kappa shape index (κ3) is 4.03. The number of hydrogen-bond acceptors (Lipinski definition) is 3. The number of benzene rings is 2. The zero-order valence-corrected chi connectivity index (χ0v) is 18.6. The van der Waals surface area contributed by atoms with Crippen molar-refractivity contribution in [2.24, 2.45) is 0 Å². The first-order chi connectivity index (χ1) is 15.9. The number of alkyl halides is 1. The number of nitrogens with zero attached hydrogens (tertiary/aromatic N) is 1. The minimum absolute atomic E-state index is 0.334. The van der Waals surface area contributed by atoms with Crippen LogP contribution >= 0.6 is 11.6 Å². The van der Waals surface area contributed by atoms with Gasteiger partial charge in [-0.15, -0.1) is 11.6 Å². The molecule has 8 heteroatoms. The molecule has 7 nitrogen and oxygen atoms in total.